The second-order valence-corrected chi connectivity index (χ2v) is 2.72. The van der Waals surface area contributed by atoms with E-state index >= 15 is 0 Å². The van der Waals surface area contributed by atoms with Gasteiger partial charge in [-0.2, -0.15) is 5.10 Å². The number of hydrogen-bond donors (Lipinski definition) is 2. The summed E-state index contributed by atoms with van der Waals surface area (Å²) in [7, 11) is 0. The molecule has 0 aliphatic heterocycles. The van der Waals surface area contributed by atoms with Gasteiger partial charge in [0.25, 0.3) is 5.91 Å². The van der Waals surface area contributed by atoms with Crippen LogP contribution in [0.5, 0.6) is 0 Å². The smallest absolute Gasteiger partial charge is 0.288 e. The average Bonchev–Trinajstić information content (AvgIpc) is 2.27. The van der Waals surface area contributed by atoms with Crippen LogP contribution >= 0.6 is 0 Å². The van der Waals surface area contributed by atoms with Gasteiger partial charge in [0.2, 0.25) is 0 Å². The molecule has 1 amide bonds. The minimum Gasteiger partial charge on any atom is -0.288 e. The van der Waals surface area contributed by atoms with Crippen LogP contribution in [0.3, 0.4) is 0 Å². The van der Waals surface area contributed by atoms with Gasteiger partial charge >= 0.3 is 0 Å². The standard InChI is InChI=1S/C9H7N3O2/c13-9(12-14)8-7-4-2-1-3-6(7)5-10-11-8/h1-5,14H,(H,12,13). The van der Waals surface area contributed by atoms with Gasteiger partial charge in [-0.15, -0.1) is 5.10 Å². The zero-order chi connectivity index (χ0) is 9.97. The maximum Gasteiger partial charge on any atom is 0.295 e. The quantitative estimate of drug-likeness (QED) is 0.512. The first kappa shape index (κ1) is 8.58. The SMILES string of the molecule is O=C(NO)c1nncc2ccccc12. The third-order valence-electron chi connectivity index (χ3n) is 1.89. The molecule has 1 aromatic carbocycles. The van der Waals surface area contributed by atoms with Crippen LogP contribution in [0, 0.1) is 0 Å². The minimum atomic E-state index is -0.658. The fourth-order valence-corrected chi connectivity index (χ4v) is 1.25. The van der Waals surface area contributed by atoms with E-state index in [4.69, 9.17) is 5.21 Å². The van der Waals surface area contributed by atoms with E-state index in [1.165, 1.54) is 5.48 Å². The van der Waals surface area contributed by atoms with Gasteiger partial charge in [0.15, 0.2) is 5.69 Å². The van der Waals surface area contributed by atoms with Gasteiger partial charge in [-0.25, -0.2) is 5.48 Å². The number of rotatable bonds is 1. The zero-order valence-electron chi connectivity index (χ0n) is 7.14. The molecule has 2 aromatic rings. The summed E-state index contributed by atoms with van der Waals surface area (Å²) >= 11 is 0. The van der Waals surface area contributed by atoms with Gasteiger partial charge in [0, 0.05) is 10.8 Å². The normalized spacial score (nSPS) is 10.1. The molecule has 0 radical (unpaired) electrons. The van der Waals surface area contributed by atoms with Crippen molar-refractivity contribution in [3.63, 3.8) is 0 Å². The van der Waals surface area contributed by atoms with E-state index in [1.54, 1.807) is 18.3 Å². The maximum atomic E-state index is 11.2. The number of benzene rings is 1. The predicted octanol–water partition coefficient (Wildman–Crippen LogP) is 0.749. The molecule has 5 nitrogen and oxygen atoms in total. The fourth-order valence-electron chi connectivity index (χ4n) is 1.25. The van der Waals surface area contributed by atoms with Crippen LogP contribution in [0.2, 0.25) is 0 Å². The lowest BCUT2D eigenvalue weighted by atomic mass is 10.1. The van der Waals surface area contributed by atoms with Crippen molar-refractivity contribution < 1.29 is 10.0 Å². The second kappa shape index (κ2) is 3.39. The summed E-state index contributed by atoms with van der Waals surface area (Å²) < 4.78 is 0. The van der Waals surface area contributed by atoms with E-state index in [2.05, 4.69) is 10.2 Å². The molecule has 0 fully saturated rings. The molecule has 70 valence electrons. The molecule has 14 heavy (non-hydrogen) atoms. The molecule has 5 heteroatoms. The molecule has 0 aliphatic rings. The molecule has 1 heterocycles. The van der Waals surface area contributed by atoms with E-state index < -0.39 is 5.91 Å². The Bertz CT molecular complexity index is 479. The topological polar surface area (TPSA) is 75.1 Å². The van der Waals surface area contributed by atoms with Crippen LogP contribution in [0.4, 0.5) is 0 Å². The van der Waals surface area contributed by atoms with Crippen LogP contribution in [0.1, 0.15) is 10.5 Å². The van der Waals surface area contributed by atoms with Gasteiger partial charge in [-0.05, 0) is 0 Å². The molecule has 2 rings (SSSR count). The molecule has 2 N–H and O–H groups in total. The summed E-state index contributed by atoms with van der Waals surface area (Å²) in [5.41, 5.74) is 1.65. The fraction of sp³-hybridized carbons (Fsp3) is 0. The Labute approximate surface area is 79.3 Å². The van der Waals surface area contributed by atoms with Crippen LogP contribution < -0.4 is 5.48 Å². The van der Waals surface area contributed by atoms with Gasteiger partial charge in [-0.1, -0.05) is 24.3 Å². The van der Waals surface area contributed by atoms with E-state index in [-0.39, 0.29) is 5.69 Å². The van der Waals surface area contributed by atoms with Crippen molar-refractivity contribution in [1.82, 2.24) is 15.7 Å². The zero-order valence-corrected chi connectivity index (χ0v) is 7.14. The first-order valence-corrected chi connectivity index (χ1v) is 3.98. The monoisotopic (exact) mass is 189 g/mol. The van der Waals surface area contributed by atoms with Crippen molar-refractivity contribution in [2.24, 2.45) is 0 Å². The number of carbonyl (C=O) groups excluding carboxylic acids is 1. The predicted molar refractivity (Wildman–Crippen MR) is 48.8 cm³/mol. The van der Waals surface area contributed by atoms with Gasteiger partial charge in [-0.3, -0.25) is 10.0 Å². The number of amides is 1. The molecular weight excluding hydrogens is 182 g/mol. The molecule has 0 bridgehead atoms. The number of nitrogens with zero attached hydrogens (tertiary/aromatic N) is 2. The van der Waals surface area contributed by atoms with E-state index in [0.29, 0.717) is 5.39 Å². The average molecular weight is 189 g/mol. The summed E-state index contributed by atoms with van der Waals surface area (Å²) in [5.74, 6) is -0.658. The highest BCUT2D eigenvalue weighted by molar-refractivity contribution is 6.04. The van der Waals surface area contributed by atoms with Crippen molar-refractivity contribution in [3.05, 3.63) is 36.2 Å². The first-order valence-electron chi connectivity index (χ1n) is 3.98. The molecule has 0 atom stereocenters. The van der Waals surface area contributed by atoms with Crippen LogP contribution in [-0.4, -0.2) is 21.3 Å². The number of hydroxylamine groups is 1. The van der Waals surface area contributed by atoms with E-state index in [0.717, 1.165) is 5.39 Å². The molecule has 0 unspecified atom stereocenters. The molecule has 0 aliphatic carbocycles. The second-order valence-electron chi connectivity index (χ2n) is 2.72. The van der Waals surface area contributed by atoms with Crippen LogP contribution in [0.25, 0.3) is 10.8 Å². The highest BCUT2D eigenvalue weighted by atomic mass is 16.5. The molecule has 0 saturated heterocycles. The third kappa shape index (κ3) is 1.29. The lowest BCUT2D eigenvalue weighted by Gasteiger charge is -2.01. The largest absolute Gasteiger partial charge is 0.295 e. The summed E-state index contributed by atoms with van der Waals surface area (Å²) in [6.45, 7) is 0. The van der Waals surface area contributed by atoms with Gasteiger partial charge in [0.1, 0.15) is 0 Å². The molecule has 1 aromatic heterocycles. The molecular formula is C9H7N3O2. The third-order valence-corrected chi connectivity index (χ3v) is 1.89. The van der Waals surface area contributed by atoms with Gasteiger partial charge < -0.3 is 0 Å². The Morgan fingerprint density at radius 1 is 1.36 bits per heavy atom. The summed E-state index contributed by atoms with van der Waals surface area (Å²) in [6.07, 6.45) is 1.56. The van der Waals surface area contributed by atoms with Crippen LogP contribution in [-0.2, 0) is 0 Å². The Morgan fingerprint density at radius 2 is 2.14 bits per heavy atom. The Morgan fingerprint density at radius 3 is 2.93 bits per heavy atom. The van der Waals surface area contributed by atoms with Gasteiger partial charge in [0.05, 0.1) is 6.20 Å². The van der Waals surface area contributed by atoms with E-state index in [1.807, 2.05) is 12.1 Å². The highest BCUT2D eigenvalue weighted by Gasteiger charge is 2.10. The number of hydrogen-bond acceptors (Lipinski definition) is 4. The molecule has 0 saturated carbocycles. The lowest BCUT2D eigenvalue weighted by molar-refractivity contribution is 0.0701. The Kier molecular flexibility index (Phi) is 2.08. The Balaban J connectivity index is 2.71. The number of fused-ring (bicyclic) bond motifs is 1. The van der Waals surface area contributed by atoms with Crippen LogP contribution in [0.15, 0.2) is 30.5 Å². The summed E-state index contributed by atoms with van der Waals surface area (Å²) in [6, 6.07) is 7.19. The van der Waals surface area contributed by atoms with E-state index in [9.17, 15) is 4.79 Å². The number of carbonyl (C=O) groups is 1. The maximum absolute atomic E-state index is 11.2. The summed E-state index contributed by atoms with van der Waals surface area (Å²) in [5, 5.41) is 17.3. The number of aromatic nitrogens is 2. The van der Waals surface area contributed by atoms with Crippen molar-refractivity contribution in [3.8, 4) is 0 Å². The van der Waals surface area contributed by atoms with Crippen molar-refractivity contribution in [1.29, 1.82) is 0 Å². The van der Waals surface area contributed by atoms with Crippen molar-refractivity contribution in [2.75, 3.05) is 0 Å². The molecule has 0 spiro atoms. The Hall–Kier alpha value is -2.01. The minimum absolute atomic E-state index is 0.116. The highest BCUT2D eigenvalue weighted by Crippen LogP contribution is 2.14. The van der Waals surface area contributed by atoms with Crippen molar-refractivity contribution >= 4 is 16.7 Å². The first-order chi connectivity index (χ1) is 6.83. The summed E-state index contributed by atoms with van der Waals surface area (Å²) in [4.78, 5) is 11.2. The number of nitrogens with one attached hydrogen (secondary N) is 1. The lowest BCUT2D eigenvalue weighted by Crippen LogP contribution is -2.20. The van der Waals surface area contributed by atoms with Crippen molar-refractivity contribution in [2.45, 2.75) is 0 Å².